The highest BCUT2D eigenvalue weighted by atomic mass is 19.1. The summed E-state index contributed by atoms with van der Waals surface area (Å²) in [5.41, 5.74) is 0.696. The van der Waals surface area contributed by atoms with Crippen molar-refractivity contribution in [3.05, 3.63) is 29.6 Å². The fraction of sp³-hybridized carbons (Fsp3) is 0.438. The number of urea groups is 1. The standard InChI is InChI=1S/C16H20FN3O4/c1-4-7-19-14(21)15(22)20(16(19)23)10-18(2)9-11-5-6-13(24-3)12(17)8-11/h5-6,8H,4,7,9-10H2,1-3H3/p+1. The summed E-state index contributed by atoms with van der Waals surface area (Å²) in [6.07, 6.45) is 0.590. The number of nitrogens with one attached hydrogen (secondary N) is 1. The third kappa shape index (κ3) is 3.53. The molecule has 0 bridgehead atoms. The Hall–Kier alpha value is -2.48. The van der Waals surface area contributed by atoms with Crippen molar-refractivity contribution in [3.63, 3.8) is 0 Å². The van der Waals surface area contributed by atoms with Crippen LogP contribution in [-0.2, 0) is 16.1 Å². The second-order valence-corrected chi connectivity index (χ2v) is 5.73. The zero-order valence-corrected chi connectivity index (χ0v) is 14.0. The van der Waals surface area contributed by atoms with Crippen LogP contribution in [0.25, 0.3) is 0 Å². The normalized spacial score (nSPS) is 16.1. The molecule has 130 valence electrons. The lowest BCUT2D eigenvalue weighted by Gasteiger charge is -2.20. The van der Waals surface area contributed by atoms with Crippen molar-refractivity contribution in [2.75, 3.05) is 27.4 Å². The molecule has 2 rings (SSSR count). The second kappa shape index (κ2) is 7.39. The van der Waals surface area contributed by atoms with Crippen LogP contribution in [0.5, 0.6) is 5.75 Å². The number of methoxy groups -OCH3 is 1. The predicted molar refractivity (Wildman–Crippen MR) is 82.7 cm³/mol. The monoisotopic (exact) mass is 338 g/mol. The predicted octanol–water partition coefficient (Wildman–Crippen LogP) is 0.00730. The summed E-state index contributed by atoms with van der Waals surface area (Å²) in [5.74, 6) is -1.92. The minimum absolute atomic E-state index is 0.0390. The van der Waals surface area contributed by atoms with Crippen LogP contribution >= 0.6 is 0 Å². The van der Waals surface area contributed by atoms with E-state index < -0.39 is 23.7 Å². The van der Waals surface area contributed by atoms with Gasteiger partial charge in [0, 0.05) is 12.1 Å². The van der Waals surface area contributed by atoms with Crippen molar-refractivity contribution in [2.24, 2.45) is 0 Å². The number of hydrogen-bond acceptors (Lipinski definition) is 4. The van der Waals surface area contributed by atoms with Gasteiger partial charge < -0.3 is 9.64 Å². The van der Waals surface area contributed by atoms with Crippen LogP contribution in [0.4, 0.5) is 9.18 Å². The Labute approximate surface area is 139 Å². The first-order valence-electron chi connectivity index (χ1n) is 7.70. The van der Waals surface area contributed by atoms with Gasteiger partial charge in [-0.3, -0.25) is 14.5 Å². The Bertz CT molecular complexity index is 665. The van der Waals surface area contributed by atoms with Crippen molar-refractivity contribution in [1.82, 2.24) is 9.80 Å². The highest BCUT2D eigenvalue weighted by molar-refractivity contribution is 6.44. The van der Waals surface area contributed by atoms with Crippen molar-refractivity contribution in [2.45, 2.75) is 19.9 Å². The van der Waals surface area contributed by atoms with E-state index in [1.807, 2.05) is 6.92 Å². The Kier molecular flexibility index (Phi) is 5.50. The van der Waals surface area contributed by atoms with Gasteiger partial charge in [0.05, 0.1) is 14.2 Å². The molecule has 8 heteroatoms. The molecule has 1 N–H and O–H groups in total. The van der Waals surface area contributed by atoms with Gasteiger partial charge in [-0.05, 0) is 24.6 Å². The Morgan fingerprint density at radius 3 is 2.42 bits per heavy atom. The number of benzene rings is 1. The summed E-state index contributed by atoms with van der Waals surface area (Å²) in [6.45, 7) is 2.48. The third-order valence-electron chi connectivity index (χ3n) is 3.73. The SMILES string of the molecule is CCCN1C(=O)C(=O)N(C[NH+](C)Cc2ccc(OC)c(F)c2)C1=O. The van der Waals surface area contributed by atoms with Crippen molar-refractivity contribution >= 4 is 17.8 Å². The van der Waals surface area contributed by atoms with E-state index in [-0.39, 0.29) is 19.0 Å². The van der Waals surface area contributed by atoms with Crippen LogP contribution in [0.15, 0.2) is 18.2 Å². The molecular weight excluding hydrogens is 317 g/mol. The lowest BCUT2D eigenvalue weighted by Crippen LogP contribution is -3.09. The van der Waals surface area contributed by atoms with E-state index >= 15 is 0 Å². The summed E-state index contributed by atoms with van der Waals surface area (Å²) in [4.78, 5) is 38.6. The summed E-state index contributed by atoms with van der Waals surface area (Å²) < 4.78 is 18.6. The average molecular weight is 338 g/mol. The van der Waals surface area contributed by atoms with E-state index in [2.05, 4.69) is 0 Å². The third-order valence-corrected chi connectivity index (χ3v) is 3.73. The minimum atomic E-state index is -0.811. The lowest BCUT2D eigenvalue weighted by molar-refractivity contribution is -0.901. The van der Waals surface area contributed by atoms with Crippen LogP contribution in [-0.4, -0.2) is 55.0 Å². The van der Waals surface area contributed by atoms with Gasteiger partial charge in [0.15, 0.2) is 18.2 Å². The van der Waals surface area contributed by atoms with Gasteiger partial charge in [-0.1, -0.05) is 6.92 Å². The summed E-state index contributed by atoms with van der Waals surface area (Å²) in [7, 11) is 3.15. The van der Waals surface area contributed by atoms with E-state index in [1.165, 1.54) is 19.2 Å². The molecule has 1 atom stereocenters. The molecule has 1 aliphatic heterocycles. The van der Waals surface area contributed by atoms with Crippen molar-refractivity contribution in [1.29, 1.82) is 0 Å². The molecule has 1 saturated heterocycles. The maximum absolute atomic E-state index is 13.7. The number of carbonyl (C=O) groups is 3. The number of halogens is 1. The maximum Gasteiger partial charge on any atom is 0.338 e. The minimum Gasteiger partial charge on any atom is -0.494 e. The fourth-order valence-electron chi connectivity index (χ4n) is 2.60. The molecule has 1 fully saturated rings. The van der Waals surface area contributed by atoms with Gasteiger partial charge in [-0.25, -0.2) is 14.1 Å². The first kappa shape index (κ1) is 17.9. The van der Waals surface area contributed by atoms with Gasteiger partial charge in [0.2, 0.25) is 0 Å². The lowest BCUT2D eigenvalue weighted by atomic mass is 10.2. The molecule has 1 heterocycles. The number of rotatable bonds is 7. The van der Waals surface area contributed by atoms with Crippen LogP contribution < -0.4 is 9.64 Å². The molecule has 1 unspecified atom stereocenters. The molecule has 7 nitrogen and oxygen atoms in total. The molecule has 1 aliphatic rings. The van der Waals surface area contributed by atoms with Crippen LogP contribution in [0.2, 0.25) is 0 Å². The van der Waals surface area contributed by atoms with Gasteiger partial charge in [0.1, 0.15) is 6.54 Å². The zero-order valence-electron chi connectivity index (χ0n) is 14.0. The number of hydrogen-bond donors (Lipinski definition) is 1. The van der Waals surface area contributed by atoms with E-state index in [1.54, 1.807) is 13.1 Å². The molecule has 0 radical (unpaired) electrons. The Balaban J connectivity index is 2.03. The largest absolute Gasteiger partial charge is 0.494 e. The zero-order chi connectivity index (χ0) is 17.9. The molecule has 24 heavy (non-hydrogen) atoms. The number of ether oxygens (including phenoxy) is 1. The maximum atomic E-state index is 13.7. The van der Waals surface area contributed by atoms with Gasteiger partial charge >= 0.3 is 17.8 Å². The van der Waals surface area contributed by atoms with E-state index in [4.69, 9.17) is 4.74 Å². The number of imide groups is 2. The smallest absolute Gasteiger partial charge is 0.338 e. The first-order chi connectivity index (χ1) is 11.4. The molecule has 0 saturated carbocycles. The molecule has 0 aliphatic carbocycles. The molecule has 1 aromatic rings. The van der Waals surface area contributed by atoms with Gasteiger partial charge in [0.25, 0.3) is 0 Å². The van der Waals surface area contributed by atoms with E-state index in [0.717, 1.165) is 14.7 Å². The van der Waals surface area contributed by atoms with Gasteiger partial charge in [-0.2, -0.15) is 0 Å². The Morgan fingerprint density at radius 2 is 1.83 bits per heavy atom. The van der Waals surface area contributed by atoms with Crippen LogP contribution in [0.1, 0.15) is 18.9 Å². The molecule has 0 aromatic heterocycles. The summed E-state index contributed by atoms with van der Waals surface area (Å²) >= 11 is 0. The van der Waals surface area contributed by atoms with Crippen LogP contribution in [0, 0.1) is 5.82 Å². The van der Waals surface area contributed by atoms with Crippen LogP contribution in [0.3, 0.4) is 0 Å². The Morgan fingerprint density at radius 1 is 1.17 bits per heavy atom. The number of nitrogens with zero attached hydrogens (tertiary/aromatic N) is 2. The van der Waals surface area contributed by atoms with Crippen molar-refractivity contribution in [3.8, 4) is 5.75 Å². The highest BCUT2D eigenvalue weighted by Gasteiger charge is 2.45. The highest BCUT2D eigenvalue weighted by Crippen LogP contribution is 2.17. The van der Waals surface area contributed by atoms with E-state index in [9.17, 15) is 18.8 Å². The molecular formula is C16H21FN3O4+. The fourth-order valence-corrected chi connectivity index (χ4v) is 2.60. The molecule has 1 aromatic carbocycles. The van der Waals surface area contributed by atoms with E-state index in [0.29, 0.717) is 18.5 Å². The van der Waals surface area contributed by atoms with Crippen molar-refractivity contribution < 1.29 is 28.4 Å². The topological polar surface area (TPSA) is 71.4 Å². The summed E-state index contributed by atoms with van der Waals surface area (Å²) in [6, 6.07) is 4.00. The average Bonchev–Trinajstić information content (AvgIpc) is 2.73. The number of amides is 4. The second-order valence-electron chi connectivity index (χ2n) is 5.73. The summed E-state index contributed by atoms with van der Waals surface area (Å²) in [5, 5.41) is 0. The number of quaternary nitrogens is 1. The molecule has 0 spiro atoms. The molecule has 4 amide bonds. The quantitative estimate of drug-likeness (QED) is 0.561. The number of carbonyl (C=O) groups excluding carboxylic acids is 3. The van der Waals surface area contributed by atoms with Gasteiger partial charge in [-0.15, -0.1) is 0 Å². The first-order valence-corrected chi connectivity index (χ1v) is 7.70.